The van der Waals surface area contributed by atoms with Crippen LogP contribution >= 0.6 is 0 Å². The lowest BCUT2D eigenvalue weighted by molar-refractivity contribution is 0.415. The first-order chi connectivity index (χ1) is 12.2. The number of fused-ring (bicyclic) bond motifs is 1. The summed E-state index contributed by atoms with van der Waals surface area (Å²) in [5.41, 5.74) is 0.964. The molecular weight excluding hydrogens is 314 g/mol. The van der Waals surface area contributed by atoms with Crippen molar-refractivity contribution >= 4 is 22.5 Å². The van der Waals surface area contributed by atoms with Crippen LogP contribution in [0.1, 0.15) is 5.82 Å². The van der Waals surface area contributed by atoms with E-state index in [1.807, 2.05) is 37.4 Å². The van der Waals surface area contributed by atoms with Crippen LogP contribution in [0.25, 0.3) is 10.9 Å². The summed E-state index contributed by atoms with van der Waals surface area (Å²) in [4.78, 5) is 18.1. The van der Waals surface area contributed by atoms with Crippen LogP contribution in [0.3, 0.4) is 0 Å². The van der Waals surface area contributed by atoms with Gasteiger partial charge in [-0.25, -0.2) is 15.0 Å². The molecule has 0 amide bonds. The average molecular weight is 335 g/mol. The predicted molar refractivity (Wildman–Crippen MR) is 99.5 cm³/mol. The van der Waals surface area contributed by atoms with Gasteiger partial charge in [0.05, 0.1) is 12.6 Å². The summed E-state index contributed by atoms with van der Waals surface area (Å²) in [6.45, 7) is 5.62. The largest absolute Gasteiger partial charge is 0.497 e. The Balaban J connectivity index is 1.51. The molecule has 0 saturated carbocycles. The van der Waals surface area contributed by atoms with Crippen molar-refractivity contribution in [3.8, 4) is 5.75 Å². The maximum Gasteiger partial charge on any atom is 0.132 e. The smallest absolute Gasteiger partial charge is 0.132 e. The van der Waals surface area contributed by atoms with Crippen molar-refractivity contribution in [3.05, 3.63) is 48.4 Å². The summed E-state index contributed by atoms with van der Waals surface area (Å²) in [5, 5.41) is 1.12. The van der Waals surface area contributed by atoms with E-state index in [1.165, 1.54) is 0 Å². The number of aryl methyl sites for hydroxylation is 1. The van der Waals surface area contributed by atoms with Crippen molar-refractivity contribution in [1.82, 2.24) is 15.0 Å². The second-order valence-corrected chi connectivity index (χ2v) is 6.16. The SMILES string of the molecule is COc1ccc2ccc(N3CCN(c4ccnc(C)n4)CC3)nc2c1. The topological polar surface area (TPSA) is 54.4 Å². The lowest BCUT2D eigenvalue weighted by Crippen LogP contribution is -2.47. The van der Waals surface area contributed by atoms with Gasteiger partial charge in [-0.3, -0.25) is 0 Å². The number of piperazine rings is 1. The first-order valence-corrected chi connectivity index (χ1v) is 8.47. The van der Waals surface area contributed by atoms with Crippen molar-refractivity contribution in [2.24, 2.45) is 0 Å². The normalized spacial score (nSPS) is 14.8. The third-order valence-electron chi connectivity index (χ3n) is 4.57. The molecule has 1 aromatic carbocycles. The van der Waals surface area contributed by atoms with Gasteiger partial charge < -0.3 is 14.5 Å². The van der Waals surface area contributed by atoms with Crippen LogP contribution in [-0.4, -0.2) is 48.2 Å². The highest BCUT2D eigenvalue weighted by Crippen LogP contribution is 2.23. The van der Waals surface area contributed by atoms with Crippen LogP contribution in [0, 0.1) is 6.92 Å². The van der Waals surface area contributed by atoms with E-state index in [2.05, 4.69) is 31.9 Å². The molecule has 25 heavy (non-hydrogen) atoms. The molecule has 1 aliphatic rings. The Kier molecular flexibility index (Phi) is 4.09. The highest BCUT2D eigenvalue weighted by atomic mass is 16.5. The van der Waals surface area contributed by atoms with Gasteiger partial charge in [0.15, 0.2) is 0 Å². The molecular formula is C19H21N5O. The Hall–Kier alpha value is -2.89. The minimum atomic E-state index is 0.810. The van der Waals surface area contributed by atoms with Crippen LogP contribution in [0.2, 0.25) is 0 Å². The molecule has 3 heterocycles. The first-order valence-electron chi connectivity index (χ1n) is 8.47. The van der Waals surface area contributed by atoms with E-state index >= 15 is 0 Å². The van der Waals surface area contributed by atoms with Gasteiger partial charge in [-0.2, -0.15) is 0 Å². The minimum absolute atomic E-state index is 0.810. The van der Waals surface area contributed by atoms with Crippen molar-refractivity contribution < 1.29 is 4.74 Å². The van der Waals surface area contributed by atoms with E-state index in [1.54, 1.807) is 7.11 Å². The Morgan fingerprint density at radius 2 is 1.56 bits per heavy atom. The number of anilines is 2. The Morgan fingerprint density at radius 1 is 0.880 bits per heavy atom. The summed E-state index contributed by atoms with van der Waals surface area (Å²) in [6.07, 6.45) is 1.82. The number of nitrogens with zero attached hydrogens (tertiary/aromatic N) is 5. The fraction of sp³-hybridized carbons (Fsp3) is 0.316. The second-order valence-electron chi connectivity index (χ2n) is 6.16. The molecule has 2 aromatic heterocycles. The highest BCUT2D eigenvalue weighted by molar-refractivity contribution is 5.81. The number of benzene rings is 1. The summed E-state index contributed by atoms with van der Waals surface area (Å²) < 4.78 is 5.31. The average Bonchev–Trinajstić information content (AvgIpc) is 2.67. The maximum absolute atomic E-state index is 5.31. The maximum atomic E-state index is 5.31. The fourth-order valence-electron chi connectivity index (χ4n) is 3.17. The highest BCUT2D eigenvalue weighted by Gasteiger charge is 2.19. The lowest BCUT2D eigenvalue weighted by Gasteiger charge is -2.36. The third-order valence-corrected chi connectivity index (χ3v) is 4.57. The first kappa shape index (κ1) is 15.6. The van der Waals surface area contributed by atoms with Crippen LogP contribution < -0.4 is 14.5 Å². The number of ether oxygens (including phenoxy) is 1. The van der Waals surface area contributed by atoms with Crippen LogP contribution in [0.4, 0.5) is 11.6 Å². The van der Waals surface area contributed by atoms with E-state index in [0.717, 1.165) is 60.3 Å². The molecule has 3 aromatic rings. The van der Waals surface area contributed by atoms with E-state index < -0.39 is 0 Å². The van der Waals surface area contributed by atoms with Crippen molar-refractivity contribution in [1.29, 1.82) is 0 Å². The second kappa shape index (κ2) is 6.55. The molecule has 1 saturated heterocycles. The molecule has 6 heteroatoms. The molecule has 1 aliphatic heterocycles. The molecule has 1 fully saturated rings. The monoisotopic (exact) mass is 335 g/mol. The Labute approximate surface area is 147 Å². The van der Waals surface area contributed by atoms with E-state index in [9.17, 15) is 0 Å². The molecule has 0 aliphatic carbocycles. The fourth-order valence-corrected chi connectivity index (χ4v) is 3.17. The summed E-state index contributed by atoms with van der Waals surface area (Å²) in [5.74, 6) is 3.66. The zero-order valence-corrected chi connectivity index (χ0v) is 14.5. The van der Waals surface area contributed by atoms with Gasteiger partial charge in [-0.1, -0.05) is 0 Å². The quantitative estimate of drug-likeness (QED) is 0.733. The number of pyridine rings is 1. The van der Waals surface area contributed by atoms with E-state index in [4.69, 9.17) is 9.72 Å². The Morgan fingerprint density at radius 3 is 2.24 bits per heavy atom. The van der Waals surface area contributed by atoms with E-state index in [-0.39, 0.29) is 0 Å². The Bertz CT molecular complexity index is 890. The molecule has 0 radical (unpaired) electrons. The predicted octanol–water partition coefficient (Wildman–Crippen LogP) is 2.67. The van der Waals surface area contributed by atoms with Gasteiger partial charge in [-0.05, 0) is 37.3 Å². The van der Waals surface area contributed by atoms with E-state index in [0.29, 0.717) is 0 Å². The van der Waals surface area contributed by atoms with Gasteiger partial charge in [0.1, 0.15) is 23.2 Å². The number of hydrogen-bond acceptors (Lipinski definition) is 6. The molecule has 6 nitrogen and oxygen atoms in total. The van der Waals surface area contributed by atoms with Gasteiger partial charge in [0.25, 0.3) is 0 Å². The molecule has 0 bridgehead atoms. The number of hydrogen-bond donors (Lipinski definition) is 0. The number of rotatable bonds is 3. The van der Waals surface area contributed by atoms with Gasteiger partial charge in [0.2, 0.25) is 0 Å². The molecule has 0 unspecified atom stereocenters. The summed E-state index contributed by atoms with van der Waals surface area (Å²) in [6, 6.07) is 12.2. The third kappa shape index (κ3) is 3.20. The van der Waals surface area contributed by atoms with Crippen LogP contribution in [0.15, 0.2) is 42.6 Å². The zero-order valence-electron chi connectivity index (χ0n) is 14.5. The van der Waals surface area contributed by atoms with Crippen LogP contribution in [0.5, 0.6) is 5.75 Å². The summed E-state index contributed by atoms with van der Waals surface area (Å²) >= 11 is 0. The molecule has 4 rings (SSSR count). The zero-order chi connectivity index (χ0) is 17.2. The van der Waals surface area contributed by atoms with Crippen LogP contribution in [-0.2, 0) is 0 Å². The molecule has 0 spiro atoms. The van der Waals surface area contributed by atoms with Gasteiger partial charge >= 0.3 is 0 Å². The van der Waals surface area contributed by atoms with Crippen molar-refractivity contribution in [2.75, 3.05) is 43.1 Å². The van der Waals surface area contributed by atoms with Gasteiger partial charge in [-0.15, -0.1) is 0 Å². The van der Waals surface area contributed by atoms with Crippen molar-refractivity contribution in [2.45, 2.75) is 6.92 Å². The standard InChI is InChI=1S/C19H21N5O/c1-14-20-8-7-19(21-14)24-11-9-23(10-12-24)18-6-4-15-3-5-16(25-2)13-17(15)22-18/h3-8,13H,9-12H2,1-2H3. The molecule has 128 valence electrons. The number of methoxy groups -OCH3 is 1. The number of aromatic nitrogens is 3. The molecule has 0 N–H and O–H groups in total. The molecule has 0 atom stereocenters. The summed E-state index contributed by atoms with van der Waals surface area (Å²) in [7, 11) is 1.68. The lowest BCUT2D eigenvalue weighted by atomic mass is 10.2. The minimum Gasteiger partial charge on any atom is -0.497 e. The van der Waals surface area contributed by atoms with Gasteiger partial charge in [0, 0.05) is 43.8 Å². The van der Waals surface area contributed by atoms with Crippen molar-refractivity contribution in [3.63, 3.8) is 0 Å².